The number of phenols is 1. The Bertz CT molecular complexity index is 4290. The van der Waals surface area contributed by atoms with Gasteiger partial charge in [-0.15, -0.1) is 0 Å². The molecule has 6 aliphatic rings. The lowest BCUT2D eigenvalue weighted by atomic mass is 9.47. The number of alkyl carbamates (subject to hydrolysis) is 1. The molecule has 110 heavy (non-hydrogen) atoms. The topological polar surface area (TPSA) is 313 Å². The van der Waals surface area contributed by atoms with Crippen molar-refractivity contribution in [2.75, 3.05) is 63.0 Å². The average molecular weight is 1500 g/mol. The number of nitrogens with zero attached hydrogens (tertiary/aromatic N) is 1. The molecule has 5 aromatic rings. The first-order chi connectivity index (χ1) is 52.9. The van der Waals surface area contributed by atoms with Crippen LogP contribution in [0.1, 0.15) is 213 Å². The van der Waals surface area contributed by atoms with Crippen LogP contribution in [0.25, 0.3) is 0 Å². The average Bonchev–Trinajstić information content (AvgIpc) is 0.720. The number of aliphatic hydroxyl groups excluding tert-OH is 1. The monoisotopic (exact) mass is 1500 g/mol. The molecule has 1 heterocycles. The third kappa shape index (κ3) is 19.0. The molecule has 0 aromatic heterocycles. The Morgan fingerprint density at radius 2 is 1.18 bits per heavy atom. The predicted molar refractivity (Wildman–Crippen MR) is 416 cm³/mol. The van der Waals surface area contributed by atoms with Crippen LogP contribution in [-0.2, 0) is 101 Å². The van der Waals surface area contributed by atoms with E-state index < -0.39 is 64.0 Å². The number of nitrogens with one attached hydrogen (secondary N) is 3. The number of para-hydroxylation sites is 1. The molecule has 5 aromatic carbocycles. The summed E-state index contributed by atoms with van der Waals surface area (Å²) in [7, 11) is 0. The second kappa shape index (κ2) is 36.8. The van der Waals surface area contributed by atoms with Gasteiger partial charge in [0.15, 0.2) is 5.78 Å². The Labute approximate surface area is 646 Å². The molecule has 0 saturated heterocycles. The molecule has 8 atom stereocenters. The van der Waals surface area contributed by atoms with Crippen LogP contribution in [0.5, 0.6) is 5.75 Å². The van der Waals surface area contributed by atoms with E-state index in [1.165, 1.54) is 5.56 Å². The Kier molecular flexibility index (Phi) is 27.3. The summed E-state index contributed by atoms with van der Waals surface area (Å²) in [6.07, 6.45) is 10.3. The third-order valence-electron chi connectivity index (χ3n) is 25.3. The van der Waals surface area contributed by atoms with Crippen LogP contribution in [0.4, 0.5) is 21.0 Å². The third-order valence-corrected chi connectivity index (χ3v) is 25.3. The number of rotatable bonds is 38. The minimum absolute atomic E-state index is 0.00632. The zero-order chi connectivity index (χ0) is 78.2. The van der Waals surface area contributed by atoms with Gasteiger partial charge in [0.05, 0.1) is 57.1 Å². The number of urea groups is 1. The van der Waals surface area contributed by atoms with Crippen molar-refractivity contribution >= 4 is 70.0 Å². The highest BCUT2D eigenvalue weighted by Crippen LogP contribution is 2.61. The van der Waals surface area contributed by atoms with Gasteiger partial charge < -0.3 is 55.7 Å². The number of aryl methyl sites for hydroxylation is 2. The fourth-order valence-electron chi connectivity index (χ4n) is 18.8. The standard InChI is InChI=1S/C89H109N5O16/c1-85-38-12-40-87(3,78(100)55-79(101)88(4)41-13-39-86(2)71-54-69(97)33-28-63(71)30-36-76(86)88)75(85)35-29-62-25-22-60(51-70(62)85)52-74(98)72(57-95)93-84(106)110-58-59-23-31-67(32-24-59)92-82(104)65(18-9-44-91-83(90)105)53-80(102)89(42-14-43-89)77(99)21-11-46-108-48-50-109-49-47-107-45-10-19-68(96)34-37-81(103)94-56-66-17-6-5-15-61(66)26-27-64-16-7-8-20-73(64)94/h5-8,15-17,20,22-25,28,31-33,51,54,65,72,75-76,95,97H,9-14,18-19,21,29-30,34-50,52-53,55-58H2,1-4H3,(H,92,104)(H,93,106)(H3,90,91,105)/t65-,72+,75-,76-,85-,86-,87+,88+/m1/s1. The number of ketones is 6. The second-order valence-corrected chi connectivity index (χ2v) is 32.3. The van der Waals surface area contributed by atoms with Crippen molar-refractivity contribution in [2.24, 2.45) is 39.7 Å². The van der Waals surface area contributed by atoms with Gasteiger partial charge in [-0.05, 0) is 194 Å². The number of primary amides is 1. The maximum absolute atomic E-state index is 14.9. The van der Waals surface area contributed by atoms with Crippen molar-refractivity contribution in [1.29, 1.82) is 0 Å². The summed E-state index contributed by atoms with van der Waals surface area (Å²) in [6, 6.07) is 31.5. The van der Waals surface area contributed by atoms with Gasteiger partial charge in [0, 0.05) is 91.8 Å². The van der Waals surface area contributed by atoms with Crippen LogP contribution in [0, 0.1) is 45.8 Å². The van der Waals surface area contributed by atoms with Crippen LogP contribution in [0.2, 0.25) is 0 Å². The molecule has 21 nitrogen and oxygen atoms in total. The van der Waals surface area contributed by atoms with E-state index in [2.05, 4.69) is 61.6 Å². The van der Waals surface area contributed by atoms with Crippen molar-refractivity contribution in [1.82, 2.24) is 10.6 Å². The van der Waals surface area contributed by atoms with Crippen molar-refractivity contribution < 1.29 is 77.1 Å². The first-order valence-corrected chi connectivity index (χ1v) is 39.7. The number of ether oxygens (including phenoxy) is 4. The zero-order valence-corrected chi connectivity index (χ0v) is 64.4. The summed E-state index contributed by atoms with van der Waals surface area (Å²) in [4.78, 5) is 138. The number of carbonyl (C=O) groups is 10. The SMILES string of the molecule is C[C@]1(C(=O)CC(=O)[C@@]2(C)CCC[C@]3(C)c4cc(CC(=O)[C@H](CO)NC(=O)OCc5ccc(NC(=O)[C@H](CCCNC(N)=O)CC(=O)C6(C(=O)CCCOCCOCCOCCCC(=O)CCC(=O)N7Cc8ccccc8C#Cc8ccccc87)CCC6)cc5)ccc4CC[C@@H]23)CCC[C@]2(C)c3cc(O)ccc3CC[C@@H]12. The lowest BCUT2D eigenvalue weighted by molar-refractivity contribution is -0.149. The molecular weight excluding hydrogens is 1390 g/mol. The highest BCUT2D eigenvalue weighted by atomic mass is 16.6. The number of amides is 5. The van der Waals surface area contributed by atoms with Gasteiger partial charge in [0.2, 0.25) is 11.8 Å². The molecule has 0 unspecified atom stereocenters. The molecule has 3 fully saturated rings. The molecule has 586 valence electrons. The number of aromatic hydroxyl groups is 1. The number of nitrogens with two attached hydrogens (primary N) is 1. The second-order valence-electron chi connectivity index (χ2n) is 32.3. The van der Waals surface area contributed by atoms with Gasteiger partial charge in [-0.3, -0.25) is 38.4 Å². The molecular formula is C89H109N5O16. The molecule has 5 amide bonds. The van der Waals surface area contributed by atoms with Crippen molar-refractivity contribution in [3.8, 4) is 17.6 Å². The van der Waals surface area contributed by atoms with Gasteiger partial charge >= 0.3 is 12.1 Å². The minimum atomic E-state index is -1.27. The lowest BCUT2D eigenvalue weighted by Gasteiger charge is -2.56. The number of anilines is 2. The van der Waals surface area contributed by atoms with E-state index in [9.17, 15) is 58.2 Å². The summed E-state index contributed by atoms with van der Waals surface area (Å²) in [5, 5.41) is 28.9. The Morgan fingerprint density at radius 3 is 1.82 bits per heavy atom. The first-order valence-electron chi connectivity index (χ1n) is 39.7. The fraction of sp³-hybridized carbons (Fsp3) is 0.528. The quantitative estimate of drug-likeness (QED) is 0.0122. The van der Waals surface area contributed by atoms with Crippen LogP contribution in [0.15, 0.2) is 109 Å². The Morgan fingerprint density at radius 1 is 0.600 bits per heavy atom. The smallest absolute Gasteiger partial charge is 0.408 e. The number of benzene rings is 5. The number of hydrogen-bond donors (Lipinski definition) is 6. The number of aliphatic hydroxyl groups is 1. The van der Waals surface area contributed by atoms with Gasteiger partial charge in [0.1, 0.15) is 47.3 Å². The Balaban J connectivity index is 0.578. The minimum Gasteiger partial charge on any atom is -0.508 e. The van der Waals surface area contributed by atoms with E-state index in [4.69, 9.17) is 24.7 Å². The van der Waals surface area contributed by atoms with E-state index in [-0.39, 0.29) is 129 Å². The number of phenolic OH excluding ortho intramolecular Hbond substituents is 1. The van der Waals surface area contributed by atoms with Gasteiger partial charge in [-0.25, -0.2) is 9.59 Å². The normalized spacial score (nSPS) is 22.4. The van der Waals surface area contributed by atoms with Gasteiger partial charge in [-0.1, -0.05) is 126 Å². The number of carbonyl (C=O) groups excluding carboxylic acids is 10. The zero-order valence-electron chi connectivity index (χ0n) is 64.4. The number of Topliss-reactive ketones (excluding diaryl/α,β-unsaturated/α-hetero) is 6. The van der Waals surface area contributed by atoms with E-state index in [1.54, 1.807) is 35.2 Å². The van der Waals surface area contributed by atoms with E-state index in [0.717, 1.165) is 96.9 Å². The van der Waals surface area contributed by atoms with Crippen molar-refractivity contribution in [3.05, 3.63) is 159 Å². The summed E-state index contributed by atoms with van der Waals surface area (Å²) >= 11 is 0. The maximum atomic E-state index is 14.9. The van der Waals surface area contributed by atoms with Crippen LogP contribution in [-0.4, -0.2) is 128 Å². The molecule has 7 N–H and O–H groups in total. The van der Waals surface area contributed by atoms with Crippen LogP contribution < -0.4 is 26.6 Å². The fourth-order valence-corrected chi connectivity index (χ4v) is 18.8. The van der Waals surface area contributed by atoms with Gasteiger partial charge in [-0.2, -0.15) is 0 Å². The number of hydrogen-bond acceptors (Lipinski definition) is 16. The van der Waals surface area contributed by atoms with E-state index in [1.807, 2.05) is 72.8 Å². The lowest BCUT2D eigenvalue weighted by Crippen LogP contribution is -2.55. The Hall–Kier alpha value is -9.20. The summed E-state index contributed by atoms with van der Waals surface area (Å²) in [5.41, 5.74) is 11.6. The van der Waals surface area contributed by atoms with E-state index in [0.29, 0.717) is 101 Å². The predicted octanol–water partition coefficient (Wildman–Crippen LogP) is 12.6. The molecule has 0 spiro atoms. The van der Waals surface area contributed by atoms with E-state index >= 15 is 0 Å². The first kappa shape index (κ1) is 81.8. The molecule has 5 aliphatic carbocycles. The van der Waals surface area contributed by atoms with Gasteiger partial charge in [0.25, 0.3) is 0 Å². The highest BCUT2D eigenvalue weighted by Gasteiger charge is 2.59. The summed E-state index contributed by atoms with van der Waals surface area (Å²) in [5.74, 6) is 4.33. The van der Waals surface area contributed by atoms with Crippen molar-refractivity contribution in [2.45, 2.75) is 212 Å². The largest absolute Gasteiger partial charge is 0.508 e. The highest BCUT2D eigenvalue weighted by molar-refractivity contribution is 6.09. The summed E-state index contributed by atoms with van der Waals surface area (Å²) < 4.78 is 22.6. The number of fused-ring (bicyclic) bond motifs is 8. The summed E-state index contributed by atoms with van der Waals surface area (Å²) in [6.45, 7) is 10.2. The molecule has 11 rings (SSSR count). The maximum Gasteiger partial charge on any atom is 0.408 e. The van der Waals surface area contributed by atoms with Crippen molar-refractivity contribution in [3.63, 3.8) is 0 Å². The molecule has 0 radical (unpaired) electrons. The van der Waals surface area contributed by atoms with Crippen LogP contribution >= 0.6 is 0 Å². The molecule has 0 bridgehead atoms. The molecule has 3 saturated carbocycles. The van der Waals surface area contributed by atoms with Crippen LogP contribution in [0.3, 0.4) is 0 Å². The molecule has 1 aliphatic heterocycles. The molecule has 21 heteroatoms.